The summed E-state index contributed by atoms with van der Waals surface area (Å²) in [5.74, 6) is -0.0815. The highest BCUT2D eigenvalue weighted by Crippen LogP contribution is 2.24. The Morgan fingerprint density at radius 2 is 1.96 bits per heavy atom. The lowest BCUT2D eigenvalue weighted by molar-refractivity contribution is 0.0949. The number of pyridine rings is 1. The minimum atomic E-state index is -0.0815. The molecule has 4 nitrogen and oxygen atoms in total. The van der Waals surface area contributed by atoms with E-state index in [0.717, 1.165) is 31.6 Å². The van der Waals surface area contributed by atoms with Gasteiger partial charge in [-0.1, -0.05) is 35.9 Å². The van der Waals surface area contributed by atoms with Gasteiger partial charge in [0.25, 0.3) is 5.91 Å². The monoisotopic (exact) mass is 361 g/mol. The quantitative estimate of drug-likeness (QED) is 0.809. The first-order valence-corrected chi connectivity index (χ1v) is 10.0. The van der Waals surface area contributed by atoms with Gasteiger partial charge < -0.3 is 10.2 Å². The van der Waals surface area contributed by atoms with E-state index in [0.29, 0.717) is 12.2 Å². The van der Waals surface area contributed by atoms with Gasteiger partial charge in [0, 0.05) is 19.6 Å². The van der Waals surface area contributed by atoms with Crippen molar-refractivity contribution in [3.63, 3.8) is 0 Å². The maximum atomic E-state index is 12.3. The van der Waals surface area contributed by atoms with Crippen LogP contribution in [-0.4, -0.2) is 24.0 Å². The lowest BCUT2D eigenvalue weighted by Crippen LogP contribution is -2.30. The highest BCUT2D eigenvalue weighted by Gasteiger charge is 2.17. The Balaban J connectivity index is 1.32. The molecule has 0 saturated heterocycles. The summed E-state index contributed by atoms with van der Waals surface area (Å²) in [6.07, 6.45) is 11.1. The molecular weight excluding hydrogens is 334 g/mol. The second kappa shape index (κ2) is 8.38. The van der Waals surface area contributed by atoms with Crippen LogP contribution < -0.4 is 10.2 Å². The molecule has 27 heavy (non-hydrogen) atoms. The molecule has 0 unspecified atom stereocenters. The van der Waals surface area contributed by atoms with Gasteiger partial charge in [-0.25, -0.2) is 4.98 Å². The van der Waals surface area contributed by atoms with E-state index in [1.165, 1.54) is 42.4 Å². The zero-order valence-electron chi connectivity index (χ0n) is 15.8. The summed E-state index contributed by atoms with van der Waals surface area (Å²) >= 11 is 0. The third kappa shape index (κ3) is 4.38. The molecule has 0 spiro atoms. The molecule has 4 rings (SSSR count). The van der Waals surface area contributed by atoms with Gasteiger partial charge in [-0.15, -0.1) is 0 Å². The lowest BCUT2D eigenvalue weighted by Gasteiger charge is -2.30. The smallest absolute Gasteiger partial charge is 0.269 e. The molecule has 2 aromatic rings. The predicted octanol–water partition coefficient (Wildman–Crippen LogP) is 4.26. The summed E-state index contributed by atoms with van der Waals surface area (Å²) < 4.78 is 0. The van der Waals surface area contributed by atoms with Crippen LogP contribution in [0.3, 0.4) is 0 Å². The van der Waals surface area contributed by atoms with Gasteiger partial charge in [0.15, 0.2) is 0 Å². The van der Waals surface area contributed by atoms with Crippen molar-refractivity contribution >= 4 is 11.6 Å². The van der Waals surface area contributed by atoms with Gasteiger partial charge in [-0.2, -0.15) is 0 Å². The highest BCUT2D eigenvalue weighted by molar-refractivity contribution is 5.92. The molecule has 1 N–H and O–H groups in total. The second-order valence-corrected chi connectivity index (χ2v) is 7.46. The maximum Gasteiger partial charge on any atom is 0.269 e. The van der Waals surface area contributed by atoms with E-state index in [2.05, 4.69) is 45.5 Å². The van der Waals surface area contributed by atoms with Crippen LogP contribution in [0.1, 0.15) is 53.7 Å². The molecule has 0 saturated carbocycles. The number of nitrogens with zero attached hydrogens (tertiary/aromatic N) is 2. The van der Waals surface area contributed by atoms with Crippen LogP contribution in [0.5, 0.6) is 0 Å². The molecule has 140 valence electrons. The molecule has 1 aromatic carbocycles. The number of rotatable bonds is 5. The fourth-order valence-corrected chi connectivity index (χ4v) is 3.98. The topological polar surface area (TPSA) is 45.2 Å². The van der Waals surface area contributed by atoms with Crippen molar-refractivity contribution in [1.82, 2.24) is 10.3 Å². The molecule has 0 radical (unpaired) electrons. The van der Waals surface area contributed by atoms with Crippen LogP contribution in [0.2, 0.25) is 0 Å². The van der Waals surface area contributed by atoms with Crippen LogP contribution in [0, 0.1) is 0 Å². The van der Waals surface area contributed by atoms with Crippen LogP contribution in [-0.2, 0) is 13.0 Å². The van der Waals surface area contributed by atoms with Crippen molar-refractivity contribution in [3.8, 4) is 0 Å². The summed E-state index contributed by atoms with van der Waals surface area (Å²) in [6, 6.07) is 12.5. The number of carbonyl (C=O) groups excluding carboxylic acids is 1. The summed E-state index contributed by atoms with van der Waals surface area (Å²) in [6.45, 7) is 2.58. The molecule has 1 aliphatic heterocycles. The Hall–Kier alpha value is -2.62. The third-order valence-electron chi connectivity index (χ3n) is 5.59. The van der Waals surface area contributed by atoms with E-state index in [-0.39, 0.29) is 5.91 Å². The molecule has 0 bridgehead atoms. The van der Waals surface area contributed by atoms with Crippen LogP contribution in [0.15, 0.2) is 54.2 Å². The van der Waals surface area contributed by atoms with Gasteiger partial charge in [0.1, 0.15) is 5.69 Å². The first-order chi connectivity index (χ1) is 13.3. The predicted molar refractivity (Wildman–Crippen MR) is 109 cm³/mol. The van der Waals surface area contributed by atoms with Gasteiger partial charge in [-0.05, 0) is 61.8 Å². The summed E-state index contributed by atoms with van der Waals surface area (Å²) in [4.78, 5) is 19.1. The standard InChI is InChI=1S/C23H27N3O/c27-23(24-14-12-18-6-2-1-3-7-18)22-11-10-21(16-25-22)26-15-13-19-8-4-5-9-20(19)17-26/h4-6,8-11,16H,1-3,7,12-15,17H2,(H,24,27). The molecule has 0 fully saturated rings. The molecule has 2 heterocycles. The van der Waals surface area contributed by atoms with Gasteiger partial charge >= 0.3 is 0 Å². The number of allylic oxidation sites excluding steroid dienone is 1. The SMILES string of the molecule is O=C(NCCC1=CCCCC1)c1ccc(N2CCc3ccccc3C2)cn1. The van der Waals surface area contributed by atoms with Crippen LogP contribution in [0.4, 0.5) is 5.69 Å². The van der Waals surface area contributed by atoms with Crippen molar-refractivity contribution in [3.05, 3.63) is 71.1 Å². The van der Waals surface area contributed by atoms with Crippen molar-refractivity contribution < 1.29 is 4.79 Å². The van der Waals surface area contributed by atoms with Crippen molar-refractivity contribution in [2.45, 2.75) is 45.1 Å². The number of benzene rings is 1. The highest BCUT2D eigenvalue weighted by atomic mass is 16.1. The number of amides is 1. The first kappa shape index (κ1) is 17.8. The van der Waals surface area contributed by atoms with Crippen LogP contribution in [0.25, 0.3) is 0 Å². The molecule has 2 aliphatic rings. The van der Waals surface area contributed by atoms with Gasteiger partial charge in [-0.3, -0.25) is 4.79 Å². The van der Waals surface area contributed by atoms with Crippen molar-refractivity contribution in [2.75, 3.05) is 18.0 Å². The van der Waals surface area contributed by atoms with E-state index in [1.807, 2.05) is 18.3 Å². The third-order valence-corrected chi connectivity index (χ3v) is 5.59. The second-order valence-electron chi connectivity index (χ2n) is 7.46. The number of aromatic nitrogens is 1. The number of nitrogens with one attached hydrogen (secondary N) is 1. The zero-order valence-corrected chi connectivity index (χ0v) is 15.8. The Labute approximate surface area is 161 Å². The number of anilines is 1. The minimum absolute atomic E-state index is 0.0815. The molecular formula is C23H27N3O. The Bertz CT molecular complexity index is 826. The number of carbonyl (C=O) groups is 1. The fraction of sp³-hybridized carbons (Fsp3) is 0.391. The molecule has 1 amide bonds. The summed E-state index contributed by atoms with van der Waals surface area (Å²) in [5.41, 5.74) is 5.87. The first-order valence-electron chi connectivity index (χ1n) is 10.0. The Morgan fingerprint density at radius 3 is 2.74 bits per heavy atom. The fourth-order valence-electron chi connectivity index (χ4n) is 3.98. The summed E-state index contributed by atoms with van der Waals surface area (Å²) in [5, 5.41) is 3.00. The molecule has 4 heteroatoms. The number of hydrogen-bond acceptors (Lipinski definition) is 3. The van der Waals surface area contributed by atoms with E-state index in [1.54, 1.807) is 0 Å². The number of fused-ring (bicyclic) bond motifs is 1. The largest absolute Gasteiger partial charge is 0.366 e. The van der Waals surface area contributed by atoms with E-state index in [4.69, 9.17) is 0 Å². The summed E-state index contributed by atoms with van der Waals surface area (Å²) in [7, 11) is 0. The van der Waals surface area contributed by atoms with E-state index >= 15 is 0 Å². The Morgan fingerprint density at radius 1 is 1.07 bits per heavy atom. The average Bonchev–Trinajstić information content (AvgIpc) is 2.74. The Kier molecular flexibility index (Phi) is 5.52. The average molecular weight is 361 g/mol. The van der Waals surface area contributed by atoms with Crippen LogP contribution >= 0.6 is 0 Å². The van der Waals surface area contributed by atoms with E-state index < -0.39 is 0 Å². The van der Waals surface area contributed by atoms with Crippen molar-refractivity contribution in [2.24, 2.45) is 0 Å². The molecule has 1 aromatic heterocycles. The molecule has 1 aliphatic carbocycles. The normalized spacial score (nSPS) is 16.4. The lowest BCUT2D eigenvalue weighted by atomic mass is 9.97. The zero-order chi connectivity index (χ0) is 18.5. The number of hydrogen-bond donors (Lipinski definition) is 1. The molecule has 0 atom stereocenters. The van der Waals surface area contributed by atoms with Crippen molar-refractivity contribution in [1.29, 1.82) is 0 Å². The minimum Gasteiger partial charge on any atom is -0.366 e. The van der Waals surface area contributed by atoms with Gasteiger partial charge in [0.05, 0.1) is 11.9 Å². The van der Waals surface area contributed by atoms with E-state index in [9.17, 15) is 4.79 Å². The maximum absolute atomic E-state index is 12.3. The van der Waals surface area contributed by atoms with Gasteiger partial charge in [0.2, 0.25) is 0 Å².